The number of para-hydroxylation sites is 1. The summed E-state index contributed by atoms with van der Waals surface area (Å²) in [6, 6.07) is 68.0. The van der Waals surface area contributed by atoms with E-state index in [1.54, 1.807) is 0 Å². The van der Waals surface area contributed by atoms with Crippen LogP contribution in [-0.2, 0) is 0 Å². The molecule has 0 amide bonds. The number of anilines is 2. The highest BCUT2D eigenvalue weighted by Crippen LogP contribution is 2.39. The van der Waals surface area contributed by atoms with E-state index >= 15 is 0 Å². The molecule has 0 radical (unpaired) electrons. The van der Waals surface area contributed by atoms with Crippen LogP contribution in [0.15, 0.2) is 188 Å². The molecule has 0 aliphatic heterocycles. The predicted octanol–water partition coefficient (Wildman–Crippen LogP) is 13.3. The maximum atomic E-state index is 3.62. The van der Waals surface area contributed by atoms with Crippen LogP contribution in [0.2, 0.25) is 0 Å². The van der Waals surface area contributed by atoms with Gasteiger partial charge in [0.2, 0.25) is 0 Å². The van der Waals surface area contributed by atoms with Gasteiger partial charge in [-0.1, -0.05) is 140 Å². The highest BCUT2D eigenvalue weighted by molar-refractivity contribution is 6.19. The second kappa shape index (κ2) is 11.5. The number of hydrogen-bond acceptors (Lipinski definition) is 1. The number of hydrogen-bond donors (Lipinski definition) is 1. The van der Waals surface area contributed by atoms with Gasteiger partial charge in [0, 0.05) is 33.2 Å². The smallest absolute Gasteiger partial charge is 0.0619 e. The first-order valence-corrected chi connectivity index (χ1v) is 17.2. The molecule has 0 fully saturated rings. The molecule has 50 heavy (non-hydrogen) atoms. The third-order valence-electron chi connectivity index (χ3n) is 10.1. The van der Waals surface area contributed by atoms with E-state index in [2.05, 4.69) is 198 Å². The van der Waals surface area contributed by atoms with Crippen molar-refractivity contribution >= 4 is 65.5 Å². The van der Waals surface area contributed by atoms with Crippen LogP contribution in [0.3, 0.4) is 0 Å². The van der Waals surface area contributed by atoms with Gasteiger partial charge in [-0.05, 0) is 97.7 Å². The SMILES string of the molecule is c1ccc(-n2c3cc(-c4ccc(Nc5ccc(-c6cc7ccccc7c7ccccc67)cc5)cc4)ccc3c3ccc4ccccc4c32)cc1. The molecule has 1 aromatic heterocycles. The molecule has 10 aromatic rings. The van der Waals surface area contributed by atoms with E-state index in [9.17, 15) is 0 Å². The molecule has 0 aliphatic carbocycles. The van der Waals surface area contributed by atoms with Crippen molar-refractivity contribution in [2.24, 2.45) is 0 Å². The van der Waals surface area contributed by atoms with Crippen molar-refractivity contribution in [2.45, 2.75) is 0 Å². The van der Waals surface area contributed by atoms with Gasteiger partial charge >= 0.3 is 0 Å². The molecule has 0 aliphatic rings. The van der Waals surface area contributed by atoms with Crippen molar-refractivity contribution in [3.8, 4) is 27.9 Å². The molecule has 2 heteroatoms. The van der Waals surface area contributed by atoms with Gasteiger partial charge in [-0.25, -0.2) is 0 Å². The number of aromatic nitrogens is 1. The first-order chi connectivity index (χ1) is 24.8. The van der Waals surface area contributed by atoms with Crippen LogP contribution in [0, 0.1) is 0 Å². The van der Waals surface area contributed by atoms with E-state index in [4.69, 9.17) is 0 Å². The highest BCUT2D eigenvalue weighted by atomic mass is 15.0. The van der Waals surface area contributed by atoms with Crippen molar-refractivity contribution in [3.05, 3.63) is 188 Å². The number of benzene rings is 9. The molecular formula is C48H32N2. The molecule has 1 N–H and O–H groups in total. The molecule has 0 bridgehead atoms. The summed E-state index contributed by atoms with van der Waals surface area (Å²) >= 11 is 0. The Kier molecular flexibility index (Phi) is 6.53. The summed E-state index contributed by atoms with van der Waals surface area (Å²) in [7, 11) is 0. The third-order valence-corrected chi connectivity index (χ3v) is 10.1. The Hall–Kier alpha value is -6.64. The molecule has 0 atom stereocenters. The summed E-state index contributed by atoms with van der Waals surface area (Å²) < 4.78 is 2.43. The van der Waals surface area contributed by atoms with Gasteiger partial charge in [0.05, 0.1) is 11.0 Å². The lowest BCUT2D eigenvalue weighted by Crippen LogP contribution is -1.94. The van der Waals surface area contributed by atoms with Crippen molar-refractivity contribution in [1.82, 2.24) is 4.57 Å². The summed E-state index contributed by atoms with van der Waals surface area (Å²) in [5.74, 6) is 0. The topological polar surface area (TPSA) is 17.0 Å². The van der Waals surface area contributed by atoms with E-state index < -0.39 is 0 Å². The van der Waals surface area contributed by atoms with Gasteiger partial charge < -0.3 is 9.88 Å². The van der Waals surface area contributed by atoms with Crippen LogP contribution in [0.1, 0.15) is 0 Å². The highest BCUT2D eigenvalue weighted by Gasteiger charge is 2.16. The van der Waals surface area contributed by atoms with Crippen LogP contribution in [0.4, 0.5) is 11.4 Å². The molecule has 9 aromatic carbocycles. The standard InChI is InChI=1S/C48H32N2/c1-2-12-39(13-3-1)50-47-31-35(23-28-44(47)45-29-22-33-10-4-7-15-41(33)48(45)50)32-18-24-37(25-19-32)49-38-26-20-34(21-27-38)46-30-36-11-5-6-14-40(36)42-16-8-9-17-43(42)46/h1-31,49H. The average Bonchev–Trinajstić information content (AvgIpc) is 3.53. The molecule has 0 spiro atoms. The van der Waals surface area contributed by atoms with Crippen LogP contribution >= 0.6 is 0 Å². The summed E-state index contributed by atoms with van der Waals surface area (Å²) in [4.78, 5) is 0. The molecule has 1 heterocycles. The Morgan fingerprint density at radius 2 is 0.920 bits per heavy atom. The van der Waals surface area contributed by atoms with Crippen molar-refractivity contribution in [2.75, 3.05) is 5.32 Å². The Morgan fingerprint density at radius 3 is 1.68 bits per heavy atom. The zero-order valence-corrected chi connectivity index (χ0v) is 27.3. The molecule has 10 rings (SSSR count). The fourth-order valence-electron chi connectivity index (χ4n) is 7.74. The summed E-state index contributed by atoms with van der Waals surface area (Å²) in [6.45, 7) is 0. The quantitative estimate of drug-likeness (QED) is 0.186. The Morgan fingerprint density at radius 1 is 0.340 bits per heavy atom. The van der Waals surface area contributed by atoms with Gasteiger partial charge in [-0.3, -0.25) is 0 Å². The van der Waals surface area contributed by atoms with E-state index in [0.29, 0.717) is 0 Å². The van der Waals surface area contributed by atoms with Gasteiger partial charge in [-0.2, -0.15) is 0 Å². The van der Waals surface area contributed by atoms with E-state index in [0.717, 1.165) is 11.4 Å². The lowest BCUT2D eigenvalue weighted by molar-refractivity contribution is 1.19. The lowest BCUT2D eigenvalue weighted by Gasteiger charge is -2.13. The first-order valence-electron chi connectivity index (χ1n) is 17.2. The first kappa shape index (κ1) is 28.4. The number of nitrogens with one attached hydrogen (secondary N) is 1. The summed E-state index contributed by atoms with van der Waals surface area (Å²) in [6.07, 6.45) is 0. The normalized spacial score (nSPS) is 11.6. The minimum atomic E-state index is 1.06. The minimum Gasteiger partial charge on any atom is -0.356 e. The van der Waals surface area contributed by atoms with Crippen molar-refractivity contribution in [1.29, 1.82) is 0 Å². The van der Waals surface area contributed by atoms with Crippen LogP contribution in [0.5, 0.6) is 0 Å². The van der Waals surface area contributed by atoms with Gasteiger partial charge in [0.15, 0.2) is 0 Å². The zero-order chi connectivity index (χ0) is 33.0. The van der Waals surface area contributed by atoms with Crippen molar-refractivity contribution < 1.29 is 0 Å². The van der Waals surface area contributed by atoms with E-state index in [-0.39, 0.29) is 0 Å². The zero-order valence-electron chi connectivity index (χ0n) is 27.3. The van der Waals surface area contributed by atoms with Gasteiger partial charge in [0.1, 0.15) is 0 Å². The molecule has 234 valence electrons. The molecule has 2 nitrogen and oxygen atoms in total. The lowest BCUT2D eigenvalue weighted by atomic mass is 9.93. The fourth-order valence-corrected chi connectivity index (χ4v) is 7.74. The van der Waals surface area contributed by atoms with Gasteiger partial charge in [-0.15, -0.1) is 0 Å². The van der Waals surface area contributed by atoms with Crippen LogP contribution < -0.4 is 5.32 Å². The second-order valence-electron chi connectivity index (χ2n) is 13.1. The predicted molar refractivity (Wildman–Crippen MR) is 214 cm³/mol. The van der Waals surface area contributed by atoms with E-state index in [1.807, 2.05) is 0 Å². The molecule has 0 saturated heterocycles. The monoisotopic (exact) mass is 636 g/mol. The molecule has 0 unspecified atom stereocenters. The second-order valence-corrected chi connectivity index (χ2v) is 13.1. The maximum Gasteiger partial charge on any atom is 0.0619 e. The Balaban J connectivity index is 0.979. The van der Waals surface area contributed by atoms with Crippen LogP contribution in [0.25, 0.3) is 82.1 Å². The molecular weight excluding hydrogens is 605 g/mol. The number of rotatable bonds is 5. The summed E-state index contributed by atoms with van der Waals surface area (Å²) in [5, 5.41) is 13.8. The Bertz CT molecular complexity index is 2860. The fraction of sp³-hybridized carbons (Fsp3) is 0. The minimum absolute atomic E-state index is 1.06. The Labute approximate surface area is 290 Å². The van der Waals surface area contributed by atoms with Crippen molar-refractivity contribution in [3.63, 3.8) is 0 Å². The maximum absolute atomic E-state index is 3.62. The van der Waals surface area contributed by atoms with E-state index in [1.165, 1.54) is 82.1 Å². The third kappa shape index (κ3) is 4.65. The largest absolute Gasteiger partial charge is 0.356 e. The van der Waals surface area contributed by atoms with Gasteiger partial charge in [0.25, 0.3) is 0 Å². The molecule has 0 saturated carbocycles. The number of fused-ring (bicyclic) bond motifs is 8. The summed E-state index contributed by atoms with van der Waals surface area (Å²) in [5.41, 5.74) is 10.6. The average molecular weight is 637 g/mol. The van der Waals surface area contributed by atoms with Crippen LogP contribution in [-0.4, -0.2) is 4.57 Å². The number of nitrogens with zero attached hydrogens (tertiary/aromatic N) is 1.